The van der Waals surface area contributed by atoms with Crippen molar-refractivity contribution >= 4 is 7.37 Å². The maximum Gasteiger partial charge on any atom is 0.256 e. The number of hydrogen-bond acceptors (Lipinski definition) is 4. The van der Waals surface area contributed by atoms with Gasteiger partial charge in [0.15, 0.2) is 5.85 Å². The van der Waals surface area contributed by atoms with Gasteiger partial charge in [-0.15, -0.1) is 0 Å². The molecular formula is C28H26NO3P. The Balaban J connectivity index is 1.65. The Morgan fingerprint density at radius 1 is 0.667 bits per heavy atom. The van der Waals surface area contributed by atoms with Gasteiger partial charge in [0.25, 0.3) is 7.37 Å². The zero-order valence-corrected chi connectivity index (χ0v) is 19.0. The molecule has 5 heteroatoms. The van der Waals surface area contributed by atoms with Gasteiger partial charge in [-0.05, 0) is 22.3 Å². The lowest BCUT2D eigenvalue weighted by atomic mass is 9.95. The average Bonchev–Trinajstić information content (AvgIpc) is 2.90. The van der Waals surface area contributed by atoms with Gasteiger partial charge in [0.05, 0.1) is 6.04 Å². The van der Waals surface area contributed by atoms with Gasteiger partial charge in [0.2, 0.25) is 0 Å². The molecular weight excluding hydrogens is 429 g/mol. The molecule has 0 saturated carbocycles. The van der Waals surface area contributed by atoms with Crippen molar-refractivity contribution in [3.8, 4) is 0 Å². The molecule has 1 aliphatic rings. The molecule has 1 unspecified atom stereocenters. The molecule has 1 fully saturated rings. The molecule has 1 saturated heterocycles. The van der Waals surface area contributed by atoms with Crippen molar-refractivity contribution in [3.63, 3.8) is 0 Å². The normalized spacial score (nSPS) is 25.9. The summed E-state index contributed by atoms with van der Waals surface area (Å²) < 4.78 is 21.2. The molecule has 0 aliphatic carbocycles. The van der Waals surface area contributed by atoms with Gasteiger partial charge in [0.1, 0.15) is 11.9 Å². The van der Waals surface area contributed by atoms with Crippen LogP contribution < -0.4 is 5.32 Å². The highest BCUT2D eigenvalue weighted by molar-refractivity contribution is 7.59. The summed E-state index contributed by atoms with van der Waals surface area (Å²) in [4.78, 5) is 0. The molecule has 4 nitrogen and oxygen atoms in total. The van der Waals surface area contributed by atoms with Crippen molar-refractivity contribution in [1.29, 1.82) is 0 Å². The summed E-state index contributed by atoms with van der Waals surface area (Å²) in [5.74, 6) is -1.93. The van der Waals surface area contributed by atoms with Crippen LogP contribution in [-0.4, -0.2) is 5.11 Å². The van der Waals surface area contributed by atoms with Gasteiger partial charge in [0, 0.05) is 0 Å². The van der Waals surface area contributed by atoms with E-state index in [-0.39, 0.29) is 6.04 Å². The van der Waals surface area contributed by atoms with Crippen LogP contribution in [0.25, 0.3) is 0 Å². The molecule has 0 amide bonds. The van der Waals surface area contributed by atoms with E-state index < -0.39 is 25.1 Å². The second-order valence-corrected chi connectivity index (χ2v) is 10.7. The molecule has 0 spiro atoms. The molecule has 0 radical (unpaired) electrons. The van der Waals surface area contributed by atoms with Gasteiger partial charge in [-0.3, -0.25) is 9.88 Å². The maximum atomic E-state index is 14.7. The van der Waals surface area contributed by atoms with Crippen LogP contribution in [0.2, 0.25) is 0 Å². The molecule has 1 heterocycles. The molecule has 4 aromatic carbocycles. The second kappa shape index (κ2) is 9.46. The molecule has 166 valence electrons. The third-order valence-electron chi connectivity index (χ3n) is 6.12. The quantitative estimate of drug-likeness (QED) is 0.327. The summed E-state index contributed by atoms with van der Waals surface area (Å²) >= 11 is 0. The minimum absolute atomic E-state index is 0.246. The maximum absolute atomic E-state index is 14.7. The highest BCUT2D eigenvalue weighted by atomic mass is 31.2. The average molecular weight is 455 g/mol. The smallest absolute Gasteiger partial charge is 0.256 e. The number of rotatable bonds is 5. The molecule has 0 bridgehead atoms. The minimum Gasteiger partial charge on any atom is -0.378 e. The molecule has 4 aromatic rings. The predicted octanol–water partition coefficient (Wildman–Crippen LogP) is 6.76. The Morgan fingerprint density at radius 2 is 1.12 bits per heavy atom. The van der Waals surface area contributed by atoms with Crippen LogP contribution in [0, 0.1) is 0 Å². The first-order chi connectivity index (χ1) is 16.2. The lowest BCUT2D eigenvalue weighted by molar-refractivity contribution is 0.0984. The van der Waals surface area contributed by atoms with E-state index in [1.165, 1.54) is 0 Å². The third kappa shape index (κ3) is 4.31. The van der Waals surface area contributed by atoms with E-state index in [0.29, 0.717) is 5.56 Å². The number of hydrogen-bond donors (Lipinski definition) is 2. The largest absolute Gasteiger partial charge is 0.378 e. The summed E-state index contributed by atoms with van der Waals surface area (Å²) in [6.45, 7) is 0. The van der Waals surface area contributed by atoms with Crippen LogP contribution in [0.5, 0.6) is 0 Å². The topological polar surface area (TPSA) is 58.6 Å². The lowest BCUT2D eigenvalue weighted by Gasteiger charge is -2.44. The minimum atomic E-state index is -3.69. The zero-order valence-electron chi connectivity index (χ0n) is 18.1. The summed E-state index contributed by atoms with van der Waals surface area (Å²) in [6, 6.07) is 38.3. The molecule has 0 aromatic heterocycles. The van der Waals surface area contributed by atoms with E-state index in [0.717, 1.165) is 16.7 Å². The molecule has 2 N–H and O–H groups in total. The summed E-state index contributed by atoms with van der Waals surface area (Å²) in [5.41, 5.74) is 3.34. The first-order valence-electron chi connectivity index (χ1n) is 11.1. The van der Waals surface area contributed by atoms with E-state index in [1.807, 2.05) is 109 Å². The van der Waals surface area contributed by atoms with Gasteiger partial charge < -0.3 is 9.63 Å². The Kier molecular flexibility index (Phi) is 6.26. The van der Waals surface area contributed by atoms with Crippen LogP contribution in [0.4, 0.5) is 0 Å². The first kappa shape index (κ1) is 21.8. The molecule has 1 aliphatic heterocycles. The molecule has 33 heavy (non-hydrogen) atoms. The fraction of sp³-hybridized carbons (Fsp3) is 0.143. The van der Waals surface area contributed by atoms with Crippen LogP contribution in [0.1, 0.15) is 46.0 Å². The summed E-state index contributed by atoms with van der Waals surface area (Å²) in [6.07, 6.45) is -0.530. The van der Waals surface area contributed by atoms with Crippen LogP contribution in [0.15, 0.2) is 121 Å². The summed E-state index contributed by atoms with van der Waals surface area (Å²) in [5, 5.41) is 15.1. The Labute approximate surface area is 194 Å². The lowest BCUT2D eigenvalue weighted by Crippen LogP contribution is -2.38. The number of nitrogens with one attached hydrogen (secondary N) is 1. The van der Waals surface area contributed by atoms with Crippen molar-refractivity contribution in [2.45, 2.75) is 23.8 Å². The van der Waals surface area contributed by atoms with E-state index in [2.05, 4.69) is 5.32 Å². The molecule has 5 atom stereocenters. The van der Waals surface area contributed by atoms with Crippen molar-refractivity contribution in [3.05, 3.63) is 144 Å². The van der Waals surface area contributed by atoms with Crippen LogP contribution in [-0.2, 0) is 9.09 Å². The number of aliphatic hydroxyl groups is 1. The Morgan fingerprint density at radius 3 is 1.67 bits per heavy atom. The highest BCUT2D eigenvalue weighted by Gasteiger charge is 2.51. The van der Waals surface area contributed by atoms with Crippen LogP contribution >= 0.6 is 7.37 Å². The van der Waals surface area contributed by atoms with Crippen molar-refractivity contribution in [2.24, 2.45) is 0 Å². The van der Waals surface area contributed by atoms with E-state index in [1.54, 1.807) is 12.1 Å². The SMILES string of the molecule is O=P1([C@H](O)c2ccccc2)O[C@H](c2ccccc2)[C@H](c2ccccc2)N[C@@H]1c1ccccc1. The van der Waals surface area contributed by atoms with E-state index in [4.69, 9.17) is 4.52 Å². The number of benzene rings is 4. The highest BCUT2D eigenvalue weighted by Crippen LogP contribution is 2.72. The Hall–Kier alpha value is -3.01. The second-order valence-electron chi connectivity index (χ2n) is 8.23. The monoisotopic (exact) mass is 455 g/mol. The van der Waals surface area contributed by atoms with Gasteiger partial charge in [-0.25, -0.2) is 0 Å². The van der Waals surface area contributed by atoms with Gasteiger partial charge >= 0.3 is 0 Å². The Bertz CT molecular complexity index is 1220. The fourth-order valence-electron chi connectivity index (χ4n) is 4.46. The van der Waals surface area contributed by atoms with Crippen LogP contribution in [0.3, 0.4) is 0 Å². The fourth-order valence-corrected chi connectivity index (χ4v) is 7.12. The standard InChI is InChI=1S/C28H26NO3P/c30-28(24-19-11-4-12-20-24)33(31)27(23-17-9-3-10-18-23)29-25(21-13-5-1-6-14-21)26(32-33)22-15-7-2-8-16-22/h1-20,25-30H/t25-,26+,27-,28-,33?/m0/s1. The predicted molar refractivity (Wildman–Crippen MR) is 131 cm³/mol. The van der Waals surface area contributed by atoms with Crippen molar-refractivity contribution < 1.29 is 14.2 Å². The van der Waals surface area contributed by atoms with Gasteiger partial charge in [-0.1, -0.05) is 121 Å². The van der Waals surface area contributed by atoms with Gasteiger partial charge in [-0.2, -0.15) is 0 Å². The van der Waals surface area contributed by atoms with Crippen molar-refractivity contribution in [1.82, 2.24) is 5.32 Å². The van der Waals surface area contributed by atoms with E-state index in [9.17, 15) is 9.67 Å². The van der Waals surface area contributed by atoms with E-state index >= 15 is 0 Å². The third-order valence-corrected chi connectivity index (χ3v) is 8.82. The molecule has 5 rings (SSSR count). The first-order valence-corrected chi connectivity index (χ1v) is 12.8. The number of aliphatic hydroxyl groups excluding tert-OH is 1. The zero-order chi connectivity index (χ0) is 22.7. The summed E-state index contributed by atoms with van der Waals surface area (Å²) in [7, 11) is -3.69. The van der Waals surface area contributed by atoms with Crippen molar-refractivity contribution in [2.75, 3.05) is 0 Å².